The van der Waals surface area contributed by atoms with E-state index in [1.165, 1.54) is 22.4 Å². The third-order valence-electron chi connectivity index (χ3n) is 4.14. The number of likely N-dealkylation sites (N-methyl/N-ethyl adjacent to an activating group) is 1. The van der Waals surface area contributed by atoms with Gasteiger partial charge in [0.2, 0.25) is 0 Å². The Morgan fingerprint density at radius 2 is 1.89 bits per heavy atom. The molecule has 0 spiro atoms. The molecule has 1 fully saturated rings. The third kappa shape index (κ3) is 2.25. The Balaban J connectivity index is 2.30. The molecule has 0 saturated carbocycles. The van der Waals surface area contributed by atoms with E-state index in [0.29, 0.717) is 0 Å². The average Bonchev–Trinajstić information content (AvgIpc) is 2.73. The van der Waals surface area contributed by atoms with E-state index in [-0.39, 0.29) is 12.1 Å². The van der Waals surface area contributed by atoms with Crippen LogP contribution in [0, 0.1) is 20.8 Å². The maximum atomic E-state index is 9.57. The zero-order valence-electron chi connectivity index (χ0n) is 11.9. The van der Waals surface area contributed by atoms with Crippen LogP contribution in [-0.4, -0.2) is 37.4 Å². The van der Waals surface area contributed by atoms with E-state index in [2.05, 4.69) is 43.1 Å². The van der Waals surface area contributed by atoms with Crippen LogP contribution < -0.4 is 10.2 Å². The molecule has 1 atom stereocenters. The normalized spacial score (nSPS) is 23.7. The highest BCUT2D eigenvalue weighted by atomic mass is 16.3. The van der Waals surface area contributed by atoms with Crippen molar-refractivity contribution in [3.63, 3.8) is 0 Å². The van der Waals surface area contributed by atoms with Crippen LogP contribution in [-0.2, 0) is 0 Å². The SMILES string of the molecule is CNC1(CO)CCN(c2c(C)cc(C)cc2C)C1. The zero-order chi connectivity index (χ0) is 13.3. The van der Waals surface area contributed by atoms with Gasteiger partial charge >= 0.3 is 0 Å². The van der Waals surface area contributed by atoms with Crippen molar-refractivity contribution in [1.82, 2.24) is 5.32 Å². The smallest absolute Gasteiger partial charge is 0.0631 e. The van der Waals surface area contributed by atoms with Crippen LogP contribution in [0.3, 0.4) is 0 Å². The summed E-state index contributed by atoms with van der Waals surface area (Å²) in [7, 11) is 1.94. The van der Waals surface area contributed by atoms with Crippen LogP contribution in [0.5, 0.6) is 0 Å². The van der Waals surface area contributed by atoms with Crippen molar-refractivity contribution >= 4 is 5.69 Å². The van der Waals surface area contributed by atoms with Gasteiger partial charge in [-0.2, -0.15) is 0 Å². The molecule has 0 bridgehead atoms. The monoisotopic (exact) mass is 248 g/mol. The summed E-state index contributed by atoms with van der Waals surface area (Å²) in [5.41, 5.74) is 5.18. The minimum atomic E-state index is -0.135. The highest BCUT2D eigenvalue weighted by Crippen LogP contribution is 2.32. The summed E-state index contributed by atoms with van der Waals surface area (Å²) in [6.45, 7) is 8.57. The van der Waals surface area contributed by atoms with Gasteiger partial charge in [0.15, 0.2) is 0 Å². The number of nitrogens with one attached hydrogen (secondary N) is 1. The molecule has 0 amide bonds. The lowest BCUT2D eigenvalue weighted by atomic mass is 10.0. The van der Waals surface area contributed by atoms with Gasteiger partial charge in [-0.25, -0.2) is 0 Å². The Morgan fingerprint density at radius 1 is 1.28 bits per heavy atom. The molecule has 2 N–H and O–H groups in total. The average molecular weight is 248 g/mol. The lowest BCUT2D eigenvalue weighted by Crippen LogP contribution is -2.48. The Bertz CT molecular complexity index is 415. The summed E-state index contributed by atoms with van der Waals surface area (Å²) in [4.78, 5) is 2.40. The highest BCUT2D eigenvalue weighted by Gasteiger charge is 2.37. The van der Waals surface area contributed by atoms with Gasteiger partial charge in [0.25, 0.3) is 0 Å². The van der Waals surface area contributed by atoms with Gasteiger partial charge in [-0.05, 0) is 45.4 Å². The van der Waals surface area contributed by atoms with E-state index < -0.39 is 0 Å². The molecule has 1 heterocycles. The standard InChI is InChI=1S/C15H24N2O/c1-11-7-12(2)14(13(3)8-11)17-6-5-15(9-17,10-18)16-4/h7-8,16,18H,5-6,9-10H2,1-4H3. The van der Waals surface area contributed by atoms with E-state index in [0.717, 1.165) is 19.5 Å². The van der Waals surface area contributed by atoms with Crippen molar-refractivity contribution in [2.45, 2.75) is 32.7 Å². The largest absolute Gasteiger partial charge is 0.394 e. The lowest BCUT2D eigenvalue weighted by molar-refractivity contribution is 0.184. The Hall–Kier alpha value is -1.06. The molecule has 18 heavy (non-hydrogen) atoms. The van der Waals surface area contributed by atoms with Crippen molar-refractivity contribution in [2.24, 2.45) is 0 Å². The van der Waals surface area contributed by atoms with Gasteiger partial charge in [-0.15, -0.1) is 0 Å². The Morgan fingerprint density at radius 3 is 2.33 bits per heavy atom. The summed E-state index contributed by atoms with van der Waals surface area (Å²) >= 11 is 0. The number of nitrogens with zero attached hydrogens (tertiary/aromatic N) is 1. The Kier molecular flexibility index (Phi) is 3.64. The first kappa shape index (κ1) is 13.4. The molecule has 1 unspecified atom stereocenters. The summed E-state index contributed by atoms with van der Waals surface area (Å²) < 4.78 is 0. The molecule has 3 heteroatoms. The first-order chi connectivity index (χ1) is 8.51. The van der Waals surface area contributed by atoms with Crippen LogP contribution in [0.1, 0.15) is 23.1 Å². The van der Waals surface area contributed by atoms with Crippen molar-refractivity contribution in [2.75, 3.05) is 31.6 Å². The van der Waals surface area contributed by atoms with Crippen molar-refractivity contribution in [3.8, 4) is 0 Å². The lowest BCUT2D eigenvalue weighted by Gasteiger charge is -2.29. The van der Waals surface area contributed by atoms with Crippen LogP contribution in [0.25, 0.3) is 0 Å². The molecule has 1 aliphatic heterocycles. The highest BCUT2D eigenvalue weighted by molar-refractivity contribution is 5.61. The number of anilines is 1. The molecule has 1 aromatic carbocycles. The number of hydrogen-bond acceptors (Lipinski definition) is 3. The van der Waals surface area contributed by atoms with Crippen molar-refractivity contribution in [1.29, 1.82) is 0 Å². The number of aliphatic hydroxyl groups excluding tert-OH is 1. The summed E-state index contributed by atoms with van der Waals surface area (Å²) in [5.74, 6) is 0. The van der Waals surface area contributed by atoms with Crippen LogP contribution in [0.4, 0.5) is 5.69 Å². The zero-order valence-corrected chi connectivity index (χ0v) is 11.9. The van der Waals surface area contributed by atoms with Crippen molar-refractivity contribution < 1.29 is 5.11 Å². The fraction of sp³-hybridized carbons (Fsp3) is 0.600. The van der Waals surface area contributed by atoms with Gasteiger partial charge in [0, 0.05) is 18.8 Å². The predicted octanol–water partition coefficient (Wildman–Crippen LogP) is 1.77. The van der Waals surface area contributed by atoms with Crippen LogP contribution in [0.15, 0.2) is 12.1 Å². The Labute approximate surface area is 110 Å². The molecule has 1 saturated heterocycles. The van der Waals surface area contributed by atoms with Crippen LogP contribution in [0.2, 0.25) is 0 Å². The van der Waals surface area contributed by atoms with E-state index >= 15 is 0 Å². The molecular weight excluding hydrogens is 224 g/mol. The molecule has 1 aromatic rings. The molecule has 3 nitrogen and oxygen atoms in total. The molecule has 1 aliphatic rings. The number of aryl methyl sites for hydroxylation is 3. The number of aliphatic hydroxyl groups is 1. The minimum Gasteiger partial charge on any atom is -0.394 e. The van der Waals surface area contributed by atoms with E-state index in [4.69, 9.17) is 0 Å². The molecule has 0 aliphatic carbocycles. The van der Waals surface area contributed by atoms with Crippen molar-refractivity contribution in [3.05, 3.63) is 28.8 Å². The second kappa shape index (κ2) is 4.90. The van der Waals surface area contributed by atoms with Gasteiger partial charge in [-0.1, -0.05) is 17.7 Å². The quantitative estimate of drug-likeness (QED) is 0.856. The summed E-state index contributed by atoms with van der Waals surface area (Å²) in [6.07, 6.45) is 0.993. The fourth-order valence-electron chi connectivity index (χ4n) is 3.15. The maximum absolute atomic E-state index is 9.57. The van der Waals surface area contributed by atoms with Gasteiger partial charge < -0.3 is 15.3 Å². The molecule has 2 rings (SSSR count). The number of benzene rings is 1. The molecule has 0 radical (unpaired) electrons. The number of hydrogen-bond donors (Lipinski definition) is 2. The minimum absolute atomic E-state index is 0.135. The van der Waals surface area contributed by atoms with E-state index in [1.54, 1.807) is 0 Å². The second-order valence-electron chi connectivity index (χ2n) is 5.61. The summed E-state index contributed by atoms with van der Waals surface area (Å²) in [6, 6.07) is 4.47. The number of rotatable bonds is 3. The van der Waals surface area contributed by atoms with Gasteiger partial charge in [-0.3, -0.25) is 0 Å². The summed E-state index contributed by atoms with van der Waals surface area (Å²) in [5, 5.41) is 12.9. The van der Waals surface area contributed by atoms with Gasteiger partial charge in [0.1, 0.15) is 0 Å². The first-order valence-corrected chi connectivity index (χ1v) is 6.64. The second-order valence-corrected chi connectivity index (χ2v) is 5.61. The topological polar surface area (TPSA) is 35.5 Å². The van der Waals surface area contributed by atoms with E-state index in [9.17, 15) is 5.11 Å². The third-order valence-corrected chi connectivity index (χ3v) is 4.14. The molecule has 100 valence electrons. The fourth-order valence-corrected chi connectivity index (χ4v) is 3.15. The predicted molar refractivity (Wildman–Crippen MR) is 76.4 cm³/mol. The van der Waals surface area contributed by atoms with Gasteiger partial charge in [0.05, 0.1) is 12.1 Å². The first-order valence-electron chi connectivity index (χ1n) is 6.64. The van der Waals surface area contributed by atoms with Crippen LogP contribution >= 0.6 is 0 Å². The molecular formula is C15H24N2O. The molecule has 0 aromatic heterocycles. The van der Waals surface area contributed by atoms with E-state index in [1.807, 2.05) is 7.05 Å². The maximum Gasteiger partial charge on any atom is 0.0631 e.